The van der Waals surface area contributed by atoms with E-state index in [2.05, 4.69) is 71.5 Å². The Morgan fingerprint density at radius 1 is 1.10 bits per heavy atom. The maximum atomic E-state index is 3.81. The number of rotatable bonds is 4. The summed E-state index contributed by atoms with van der Waals surface area (Å²) < 4.78 is 0. The number of allylic oxidation sites excluding steroid dienone is 3. The van der Waals surface area contributed by atoms with E-state index in [0.717, 1.165) is 6.42 Å². The van der Waals surface area contributed by atoms with E-state index in [-0.39, 0.29) is 0 Å². The first-order valence-electron chi connectivity index (χ1n) is 7.95. The minimum atomic E-state index is 0.611. The van der Waals surface area contributed by atoms with Gasteiger partial charge in [0.2, 0.25) is 0 Å². The van der Waals surface area contributed by atoms with Crippen LogP contribution in [0.1, 0.15) is 71.9 Å². The van der Waals surface area contributed by atoms with Gasteiger partial charge in [-0.2, -0.15) is 0 Å². The van der Waals surface area contributed by atoms with Crippen molar-refractivity contribution in [3.63, 3.8) is 0 Å². The normalized spacial score (nSPS) is 10.1. The number of benzene rings is 1. The minimum Gasteiger partial charge on any atom is -0.0988 e. The molecule has 114 valence electrons. The second-order valence-corrected chi connectivity index (χ2v) is 4.85. The van der Waals surface area contributed by atoms with Gasteiger partial charge in [0, 0.05) is 0 Å². The van der Waals surface area contributed by atoms with Gasteiger partial charge in [-0.25, -0.2) is 0 Å². The Morgan fingerprint density at radius 3 is 1.85 bits per heavy atom. The van der Waals surface area contributed by atoms with E-state index in [9.17, 15) is 0 Å². The van der Waals surface area contributed by atoms with Crippen molar-refractivity contribution in [1.29, 1.82) is 0 Å². The van der Waals surface area contributed by atoms with E-state index < -0.39 is 0 Å². The van der Waals surface area contributed by atoms with Gasteiger partial charge < -0.3 is 0 Å². The summed E-state index contributed by atoms with van der Waals surface area (Å²) in [5, 5.41) is 0. The largest absolute Gasteiger partial charge is 0.0988 e. The molecule has 0 aliphatic heterocycles. The molecule has 0 heteroatoms. The third-order valence-corrected chi connectivity index (χ3v) is 2.69. The molecule has 0 aliphatic rings. The highest BCUT2D eigenvalue weighted by Gasteiger charge is 1.99. The standard InChI is InChI=1S/C15H20.C3H8.C2H6/c1-5-13(6-2)11-14-7-9-15(10-8-14)12(3)4;1-3-2;1-2/h5-10,12H,1,11H2,2-4H3;3H2,1-2H3;1-2H3/b13-6+;;. The summed E-state index contributed by atoms with van der Waals surface area (Å²) in [7, 11) is 0. The van der Waals surface area contributed by atoms with E-state index >= 15 is 0 Å². The number of hydrogen-bond donors (Lipinski definition) is 0. The van der Waals surface area contributed by atoms with Crippen LogP contribution in [0.2, 0.25) is 0 Å². The molecule has 0 nitrogen and oxygen atoms in total. The Balaban J connectivity index is 0. The Kier molecular flexibility index (Phi) is 14.8. The third-order valence-electron chi connectivity index (χ3n) is 2.69. The first kappa shape index (κ1) is 21.0. The van der Waals surface area contributed by atoms with Gasteiger partial charge in [-0.1, -0.05) is 91.0 Å². The molecule has 0 fully saturated rings. The minimum absolute atomic E-state index is 0.611. The third kappa shape index (κ3) is 9.61. The van der Waals surface area contributed by atoms with Crippen molar-refractivity contribution in [2.24, 2.45) is 0 Å². The molecular weight excluding hydrogens is 240 g/mol. The first-order valence-corrected chi connectivity index (χ1v) is 7.95. The SMILES string of the molecule is C=C/C(=C\C)Cc1ccc(C(C)C)cc1.CC.CCC. The molecule has 0 bridgehead atoms. The lowest BCUT2D eigenvalue weighted by Gasteiger charge is -2.07. The van der Waals surface area contributed by atoms with Crippen molar-refractivity contribution in [3.8, 4) is 0 Å². The molecule has 0 atom stereocenters. The molecule has 20 heavy (non-hydrogen) atoms. The Bertz CT molecular complexity index is 352. The van der Waals surface area contributed by atoms with Crippen LogP contribution in [-0.4, -0.2) is 0 Å². The molecule has 1 aromatic rings. The van der Waals surface area contributed by atoms with Crippen molar-refractivity contribution in [2.45, 2.75) is 67.2 Å². The fourth-order valence-corrected chi connectivity index (χ4v) is 1.55. The number of hydrogen-bond acceptors (Lipinski definition) is 0. The first-order chi connectivity index (χ1) is 9.58. The van der Waals surface area contributed by atoms with Gasteiger partial charge >= 0.3 is 0 Å². The summed E-state index contributed by atoms with van der Waals surface area (Å²) in [6, 6.07) is 8.86. The molecule has 0 N–H and O–H groups in total. The van der Waals surface area contributed by atoms with Crippen molar-refractivity contribution < 1.29 is 0 Å². The van der Waals surface area contributed by atoms with Crippen molar-refractivity contribution in [2.75, 3.05) is 0 Å². The van der Waals surface area contributed by atoms with Crippen LogP contribution in [-0.2, 0) is 6.42 Å². The van der Waals surface area contributed by atoms with Crippen LogP contribution >= 0.6 is 0 Å². The monoisotopic (exact) mass is 274 g/mol. The Morgan fingerprint density at radius 2 is 1.55 bits per heavy atom. The molecular formula is C20H34. The van der Waals surface area contributed by atoms with Gasteiger partial charge in [0.1, 0.15) is 0 Å². The van der Waals surface area contributed by atoms with E-state index in [0.29, 0.717) is 5.92 Å². The highest BCUT2D eigenvalue weighted by molar-refractivity contribution is 5.30. The second kappa shape index (κ2) is 14.1. The lowest BCUT2D eigenvalue weighted by Crippen LogP contribution is -1.90. The molecule has 0 unspecified atom stereocenters. The van der Waals surface area contributed by atoms with Gasteiger partial charge in [0.15, 0.2) is 0 Å². The van der Waals surface area contributed by atoms with Crippen LogP contribution in [0, 0.1) is 0 Å². The Labute approximate surface area is 127 Å². The molecule has 0 saturated heterocycles. The van der Waals surface area contributed by atoms with Crippen LogP contribution < -0.4 is 0 Å². The summed E-state index contributed by atoms with van der Waals surface area (Å²) in [4.78, 5) is 0. The molecule has 0 spiro atoms. The van der Waals surface area contributed by atoms with Gasteiger partial charge in [-0.05, 0) is 36.0 Å². The molecule has 0 saturated carbocycles. The summed E-state index contributed by atoms with van der Waals surface area (Å²) in [6.07, 6.45) is 6.28. The maximum Gasteiger partial charge on any atom is -0.00293 e. The molecule has 0 amide bonds. The molecule has 1 rings (SSSR count). The zero-order chi connectivity index (χ0) is 16.0. The average Bonchev–Trinajstić information content (AvgIpc) is 2.48. The zero-order valence-corrected chi connectivity index (χ0v) is 14.7. The smallest absolute Gasteiger partial charge is 0.00293 e. The highest BCUT2D eigenvalue weighted by atomic mass is 14.0. The summed E-state index contributed by atoms with van der Waals surface area (Å²) in [6.45, 7) is 18.5. The van der Waals surface area contributed by atoms with Crippen molar-refractivity contribution >= 4 is 0 Å². The molecule has 0 radical (unpaired) electrons. The van der Waals surface area contributed by atoms with Crippen LogP contribution in [0.5, 0.6) is 0 Å². The second-order valence-electron chi connectivity index (χ2n) is 4.85. The van der Waals surface area contributed by atoms with Crippen LogP contribution in [0.15, 0.2) is 48.6 Å². The van der Waals surface area contributed by atoms with Crippen LogP contribution in [0.3, 0.4) is 0 Å². The predicted molar refractivity (Wildman–Crippen MR) is 95.5 cm³/mol. The van der Waals surface area contributed by atoms with Gasteiger partial charge in [-0.15, -0.1) is 0 Å². The van der Waals surface area contributed by atoms with Crippen molar-refractivity contribution in [3.05, 3.63) is 59.7 Å². The van der Waals surface area contributed by atoms with Crippen LogP contribution in [0.25, 0.3) is 0 Å². The van der Waals surface area contributed by atoms with Gasteiger partial charge in [0.05, 0.1) is 0 Å². The van der Waals surface area contributed by atoms with Crippen molar-refractivity contribution in [1.82, 2.24) is 0 Å². The highest BCUT2D eigenvalue weighted by Crippen LogP contribution is 2.16. The lowest BCUT2D eigenvalue weighted by atomic mass is 9.99. The van der Waals surface area contributed by atoms with E-state index in [4.69, 9.17) is 0 Å². The fraction of sp³-hybridized carbons (Fsp3) is 0.500. The van der Waals surface area contributed by atoms with E-state index in [1.165, 1.54) is 23.1 Å². The van der Waals surface area contributed by atoms with Crippen LogP contribution in [0.4, 0.5) is 0 Å². The average molecular weight is 274 g/mol. The molecule has 0 aliphatic carbocycles. The van der Waals surface area contributed by atoms with Gasteiger partial charge in [0.25, 0.3) is 0 Å². The summed E-state index contributed by atoms with van der Waals surface area (Å²) in [5.74, 6) is 0.611. The summed E-state index contributed by atoms with van der Waals surface area (Å²) in [5.41, 5.74) is 4.04. The quantitative estimate of drug-likeness (QED) is 0.522. The zero-order valence-electron chi connectivity index (χ0n) is 14.7. The lowest BCUT2D eigenvalue weighted by molar-refractivity contribution is 0.865. The summed E-state index contributed by atoms with van der Waals surface area (Å²) >= 11 is 0. The molecule has 1 aromatic carbocycles. The van der Waals surface area contributed by atoms with E-state index in [1.54, 1.807) is 0 Å². The molecule has 0 heterocycles. The maximum absolute atomic E-state index is 3.81. The predicted octanol–water partition coefficient (Wildman–Crippen LogP) is 6.93. The fourth-order valence-electron chi connectivity index (χ4n) is 1.55. The Hall–Kier alpha value is -1.30. The molecule has 0 aromatic heterocycles. The van der Waals surface area contributed by atoms with E-state index in [1.807, 2.05) is 19.9 Å². The topological polar surface area (TPSA) is 0 Å². The van der Waals surface area contributed by atoms with Gasteiger partial charge in [-0.3, -0.25) is 0 Å².